The lowest BCUT2D eigenvalue weighted by molar-refractivity contribution is 0.597. The molecule has 0 aliphatic rings. The average molecular weight is 289 g/mol. The summed E-state index contributed by atoms with van der Waals surface area (Å²) in [7, 11) is -3.12. The van der Waals surface area contributed by atoms with Crippen molar-refractivity contribution in [2.75, 3.05) is 11.1 Å². The molecule has 1 N–H and O–H groups in total. The highest BCUT2D eigenvalue weighted by atomic mass is 32.2. The summed E-state index contributed by atoms with van der Waals surface area (Å²) in [6.45, 7) is 3.73. The number of hydrogen-bond acceptors (Lipinski definition) is 3. The predicted octanol–water partition coefficient (Wildman–Crippen LogP) is 3.65. The van der Waals surface area contributed by atoms with Crippen molar-refractivity contribution in [3.8, 4) is 0 Å². The fraction of sp³-hybridized carbons (Fsp3) is 0.250. The molecule has 2 aromatic carbocycles. The molecule has 0 aliphatic heterocycles. The Kier molecular flexibility index (Phi) is 4.45. The second kappa shape index (κ2) is 6.09. The van der Waals surface area contributed by atoms with Gasteiger partial charge in [-0.1, -0.05) is 37.3 Å². The van der Waals surface area contributed by atoms with E-state index in [0.29, 0.717) is 4.90 Å². The van der Waals surface area contributed by atoms with Gasteiger partial charge in [0.1, 0.15) is 0 Å². The highest BCUT2D eigenvalue weighted by molar-refractivity contribution is 7.91. The van der Waals surface area contributed by atoms with Crippen molar-refractivity contribution in [1.29, 1.82) is 0 Å². The van der Waals surface area contributed by atoms with Gasteiger partial charge in [-0.15, -0.1) is 0 Å². The number of anilines is 1. The van der Waals surface area contributed by atoms with Crippen LogP contribution in [0.15, 0.2) is 59.5 Å². The Bertz CT molecular complexity index is 649. The highest BCUT2D eigenvalue weighted by Gasteiger charge is 2.11. The molecule has 0 radical (unpaired) electrons. The summed E-state index contributed by atoms with van der Waals surface area (Å²) in [5.41, 5.74) is 2.11. The Balaban J connectivity index is 2.12. The molecule has 0 saturated heterocycles. The summed E-state index contributed by atoms with van der Waals surface area (Å²) in [5.74, 6) is 0.125. The SMILES string of the molecule is CCS(=O)(=O)c1ccc(NC(C)c2ccccc2)cc1. The Morgan fingerprint density at radius 3 is 2.15 bits per heavy atom. The van der Waals surface area contributed by atoms with Gasteiger partial charge in [0.15, 0.2) is 9.84 Å². The first-order valence-corrected chi connectivity index (χ1v) is 8.32. The van der Waals surface area contributed by atoms with Crippen LogP contribution in [-0.2, 0) is 9.84 Å². The fourth-order valence-corrected chi connectivity index (χ4v) is 2.88. The van der Waals surface area contributed by atoms with E-state index in [4.69, 9.17) is 0 Å². The largest absolute Gasteiger partial charge is 0.379 e. The molecule has 1 unspecified atom stereocenters. The zero-order chi connectivity index (χ0) is 14.6. The van der Waals surface area contributed by atoms with Crippen LogP contribution in [0.2, 0.25) is 0 Å². The predicted molar refractivity (Wildman–Crippen MR) is 82.6 cm³/mol. The molecule has 4 heteroatoms. The van der Waals surface area contributed by atoms with E-state index in [0.717, 1.165) is 5.69 Å². The third kappa shape index (κ3) is 3.39. The zero-order valence-corrected chi connectivity index (χ0v) is 12.5. The maximum absolute atomic E-state index is 11.7. The van der Waals surface area contributed by atoms with Gasteiger partial charge in [0, 0.05) is 11.7 Å². The van der Waals surface area contributed by atoms with E-state index < -0.39 is 9.84 Å². The van der Waals surface area contributed by atoms with Gasteiger partial charge in [-0.05, 0) is 36.8 Å². The molecule has 0 heterocycles. The molecule has 0 fully saturated rings. The summed E-state index contributed by atoms with van der Waals surface area (Å²) < 4.78 is 23.5. The highest BCUT2D eigenvalue weighted by Crippen LogP contribution is 2.21. The molecule has 106 valence electrons. The van der Waals surface area contributed by atoms with Crippen molar-refractivity contribution >= 4 is 15.5 Å². The minimum absolute atomic E-state index is 0.125. The van der Waals surface area contributed by atoms with Crippen LogP contribution in [0.5, 0.6) is 0 Å². The average Bonchev–Trinajstić information content (AvgIpc) is 2.48. The Morgan fingerprint density at radius 1 is 1.00 bits per heavy atom. The van der Waals surface area contributed by atoms with Gasteiger partial charge in [0.2, 0.25) is 0 Å². The Hall–Kier alpha value is -1.81. The lowest BCUT2D eigenvalue weighted by atomic mass is 10.1. The van der Waals surface area contributed by atoms with Crippen LogP contribution in [0.4, 0.5) is 5.69 Å². The van der Waals surface area contributed by atoms with Crippen molar-refractivity contribution in [3.63, 3.8) is 0 Å². The maximum Gasteiger partial charge on any atom is 0.178 e. The first-order valence-electron chi connectivity index (χ1n) is 6.67. The van der Waals surface area contributed by atoms with Crippen molar-refractivity contribution in [1.82, 2.24) is 0 Å². The summed E-state index contributed by atoms with van der Waals surface area (Å²) in [4.78, 5) is 0.373. The van der Waals surface area contributed by atoms with E-state index in [2.05, 4.69) is 24.4 Å². The van der Waals surface area contributed by atoms with Crippen LogP contribution in [0, 0.1) is 0 Å². The number of hydrogen-bond donors (Lipinski definition) is 1. The molecule has 1 atom stereocenters. The first-order chi connectivity index (χ1) is 9.53. The second-order valence-electron chi connectivity index (χ2n) is 4.70. The third-order valence-corrected chi connectivity index (χ3v) is 5.03. The van der Waals surface area contributed by atoms with Crippen LogP contribution < -0.4 is 5.32 Å². The van der Waals surface area contributed by atoms with Crippen molar-refractivity contribution in [2.45, 2.75) is 24.8 Å². The minimum atomic E-state index is -3.12. The van der Waals surface area contributed by atoms with Gasteiger partial charge < -0.3 is 5.32 Å². The van der Waals surface area contributed by atoms with E-state index in [9.17, 15) is 8.42 Å². The molecule has 0 aromatic heterocycles. The van der Waals surface area contributed by atoms with Gasteiger partial charge in [0.05, 0.1) is 10.6 Å². The number of benzene rings is 2. The molecule has 2 rings (SSSR count). The topological polar surface area (TPSA) is 46.2 Å². The normalized spacial score (nSPS) is 12.9. The monoisotopic (exact) mass is 289 g/mol. The summed E-state index contributed by atoms with van der Waals surface area (Å²) in [6.07, 6.45) is 0. The Morgan fingerprint density at radius 2 is 1.60 bits per heavy atom. The van der Waals surface area contributed by atoms with Gasteiger partial charge >= 0.3 is 0 Å². The molecule has 0 amide bonds. The molecule has 2 aromatic rings. The zero-order valence-electron chi connectivity index (χ0n) is 11.7. The summed E-state index contributed by atoms with van der Waals surface area (Å²) in [6, 6.07) is 17.2. The maximum atomic E-state index is 11.7. The van der Waals surface area contributed by atoms with Gasteiger partial charge in [-0.3, -0.25) is 0 Å². The third-order valence-electron chi connectivity index (χ3n) is 3.28. The second-order valence-corrected chi connectivity index (χ2v) is 6.98. The molecule has 0 aliphatic carbocycles. The molecule has 0 saturated carbocycles. The minimum Gasteiger partial charge on any atom is -0.379 e. The van der Waals surface area contributed by atoms with Crippen molar-refractivity contribution in [3.05, 3.63) is 60.2 Å². The van der Waals surface area contributed by atoms with Crippen molar-refractivity contribution < 1.29 is 8.42 Å². The molecular weight excluding hydrogens is 270 g/mol. The Labute approximate surface area is 120 Å². The smallest absolute Gasteiger partial charge is 0.178 e. The van der Waals surface area contributed by atoms with Gasteiger partial charge in [-0.2, -0.15) is 0 Å². The summed E-state index contributed by atoms with van der Waals surface area (Å²) in [5, 5.41) is 3.36. The first kappa shape index (κ1) is 14.6. The number of rotatable bonds is 5. The van der Waals surface area contributed by atoms with Gasteiger partial charge in [-0.25, -0.2) is 8.42 Å². The molecule has 20 heavy (non-hydrogen) atoms. The molecular formula is C16H19NO2S. The lowest BCUT2D eigenvalue weighted by Gasteiger charge is -2.16. The van der Waals surface area contributed by atoms with Crippen LogP contribution in [0.3, 0.4) is 0 Å². The van der Waals surface area contributed by atoms with Crippen LogP contribution in [0.1, 0.15) is 25.5 Å². The molecule has 3 nitrogen and oxygen atoms in total. The van der Waals surface area contributed by atoms with Crippen LogP contribution >= 0.6 is 0 Å². The van der Waals surface area contributed by atoms with E-state index >= 15 is 0 Å². The van der Waals surface area contributed by atoms with E-state index in [-0.39, 0.29) is 11.8 Å². The van der Waals surface area contributed by atoms with Crippen LogP contribution in [-0.4, -0.2) is 14.2 Å². The van der Waals surface area contributed by atoms with E-state index in [1.54, 1.807) is 19.1 Å². The van der Waals surface area contributed by atoms with Crippen molar-refractivity contribution in [2.24, 2.45) is 0 Å². The molecule has 0 bridgehead atoms. The number of sulfone groups is 1. The van der Waals surface area contributed by atoms with E-state index in [1.165, 1.54) is 5.56 Å². The number of nitrogens with one attached hydrogen (secondary N) is 1. The van der Waals surface area contributed by atoms with Gasteiger partial charge in [0.25, 0.3) is 0 Å². The van der Waals surface area contributed by atoms with Crippen LogP contribution in [0.25, 0.3) is 0 Å². The standard InChI is InChI=1S/C16H19NO2S/c1-3-20(18,19)16-11-9-15(10-12-16)17-13(2)14-7-5-4-6-8-14/h4-13,17H,3H2,1-2H3. The fourth-order valence-electron chi connectivity index (χ4n) is 2.00. The summed E-state index contributed by atoms with van der Waals surface area (Å²) >= 11 is 0. The van der Waals surface area contributed by atoms with E-state index in [1.807, 2.05) is 30.3 Å². The quantitative estimate of drug-likeness (QED) is 0.914. The lowest BCUT2D eigenvalue weighted by Crippen LogP contribution is -2.07. The molecule has 0 spiro atoms.